The summed E-state index contributed by atoms with van der Waals surface area (Å²) >= 11 is 0. The third-order valence-electron chi connectivity index (χ3n) is 5.88. The van der Waals surface area contributed by atoms with Crippen molar-refractivity contribution in [3.05, 3.63) is 77.6 Å². The lowest BCUT2D eigenvalue weighted by Crippen LogP contribution is -2.45. The van der Waals surface area contributed by atoms with Crippen LogP contribution >= 0.6 is 0 Å². The fourth-order valence-corrected chi connectivity index (χ4v) is 4.13. The SMILES string of the molecule is Cc1cc(F)ccc1N(Cc1cnc(N2CCCCC2)nc1)C(=O)[C@@H](N)Cc1cccnc1. The minimum absolute atomic E-state index is 0.242. The van der Waals surface area contributed by atoms with Gasteiger partial charge in [-0.1, -0.05) is 6.07 Å². The predicted octanol–water partition coefficient (Wildman–Crippen LogP) is 3.41. The van der Waals surface area contributed by atoms with E-state index in [0.29, 0.717) is 23.6 Å². The van der Waals surface area contributed by atoms with Crippen molar-refractivity contribution in [3.63, 3.8) is 0 Å². The molecule has 1 atom stereocenters. The lowest BCUT2D eigenvalue weighted by molar-refractivity contribution is -0.120. The van der Waals surface area contributed by atoms with Crippen LogP contribution in [0.2, 0.25) is 0 Å². The largest absolute Gasteiger partial charge is 0.341 e. The molecule has 0 spiro atoms. The minimum Gasteiger partial charge on any atom is -0.341 e. The van der Waals surface area contributed by atoms with Crippen LogP contribution in [0.4, 0.5) is 16.0 Å². The molecule has 1 aliphatic heterocycles. The third-order valence-corrected chi connectivity index (χ3v) is 5.88. The summed E-state index contributed by atoms with van der Waals surface area (Å²) in [6, 6.07) is 7.31. The number of aryl methyl sites for hydroxylation is 1. The van der Waals surface area contributed by atoms with Crippen molar-refractivity contribution in [2.75, 3.05) is 22.9 Å². The molecule has 1 aliphatic rings. The predicted molar refractivity (Wildman–Crippen MR) is 126 cm³/mol. The van der Waals surface area contributed by atoms with Crippen molar-refractivity contribution in [1.29, 1.82) is 0 Å². The van der Waals surface area contributed by atoms with Crippen molar-refractivity contribution in [3.8, 4) is 0 Å². The summed E-state index contributed by atoms with van der Waals surface area (Å²) in [5, 5.41) is 0. The Morgan fingerprint density at radius 3 is 2.55 bits per heavy atom. The Kier molecular flexibility index (Phi) is 7.24. The molecule has 3 heterocycles. The number of rotatable bonds is 7. The maximum absolute atomic E-state index is 13.7. The zero-order valence-electron chi connectivity index (χ0n) is 18.8. The van der Waals surface area contributed by atoms with Gasteiger partial charge in [-0.3, -0.25) is 9.78 Å². The van der Waals surface area contributed by atoms with Crippen LogP contribution in [-0.2, 0) is 17.8 Å². The number of aromatic nitrogens is 3. The molecule has 2 N–H and O–H groups in total. The van der Waals surface area contributed by atoms with Crippen LogP contribution in [0, 0.1) is 12.7 Å². The van der Waals surface area contributed by atoms with Crippen LogP contribution in [0.25, 0.3) is 0 Å². The average molecular weight is 449 g/mol. The maximum Gasteiger partial charge on any atom is 0.244 e. The highest BCUT2D eigenvalue weighted by molar-refractivity contribution is 5.97. The number of pyridine rings is 1. The monoisotopic (exact) mass is 448 g/mol. The molecule has 4 rings (SSSR count). The first-order chi connectivity index (χ1) is 16.0. The van der Waals surface area contributed by atoms with E-state index in [0.717, 1.165) is 37.1 Å². The summed E-state index contributed by atoms with van der Waals surface area (Å²) in [5.41, 5.74) is 9.24. The fourth-order valence-electron chi connectivity index (χ4n) is 4.13. The number of anilines is 2. The Morgan fingerprint density at radius 1 is 1.12 bits per heavy atom. The van der Waals surface area contributed by atoms with Gasteiger partial charge in [-0.25, -0.2) is 14.4 Å². The van der Waals surface area contributed by atoms with E-state index in [4.69, 9.17) is 5.73 Å². The normalized spacial score (nSPS) is 14.7. The molecule has 7 nitrogen and oxygen atoms in total. The van der Waals surface area contributed by atoms with Gasteiger partial charge in [0.2, 0.25) is 11.9 Å². The number of halogens is 1. The highest BCUT2D eigenvalue weighted by Gasteiger charge is 2.25. The molecule has 1 amide bonds. The lowest BCUT2D eigenvalue weighted by Gasteiger charge is -2.28. The number of benzene rings is 1. The number of hydrogen-bond donors (Lipinski definition) is 1. The number of carbonyl (C=O) groups excluding carboxylic acids is 1. The molecule has 0 saturated carbocycles. The van der Waals surface area contributed by atoms with Crippen LogP contribution < -0.4 is 15.5 Å². The Bertz CT molecular complexity index is 1070. The van der Waals surface area contributed by atoms with Crippen molar-refractivity contribution in [2.24, 2.45) is 5.73 Å². The molecule has 0 unspecified atom stereocenters. The smallest absolute Gasteiger partial charge is 0.244 e. The first-order valence-electron chi connectivity index (χ1n) is 11.3. The lowest BCUT2D eigenvalue weighted by atomic mass is 10.1. The van der Waals surface area contributed by atoms with Crippen LogP contribution in [0.5, 0.6) is 0 Å². The molecular weight excluding hydrogens is 419 g/mol. The number of nitrogens with zero attached hydrogens (tertiary/aromatic N) is 5. The van der Waals surface area contributed by atoms with E-state index in [9.17, 15) is 9.18 Å². The van der Waals surface area contributed by atoms with Gasteiger partial charge in [-0.2, -0.15) is 0 Å². The number of hydrogen-bond acceptors (Lipinski definition) is 6. The summed E-state index contributed by atoms with van der Waals surface area (Å²) in [6.07, 6.45) is 10.8. The molecule has 0 aliphatic carbocycles. The van der Waals surface area contributed by atoms with Crippen molar-refractivity contribution in [1.82, 2.24) is 15.0 Å². The molecular formula is C25H29FN6O. The zero-order chi connectivity index (χ0) is 23.2. The number of nitrogens with two attached hydrogens (primary N) is 1. The van der Waals surface area contributed by atoms with Gasteiger partial charge in [-0.15, -0.1) is 0 Å². The number of piperidine rings is 1. The Labute approximate surface area is 193 Å². The second kappa shape index (κ2) is 10.5. The van der Waals surface area contributed by atoms with E-state index in [1.807, 2.05) is 12.1 Å². The summed E-state index contributed by atoms with van der Waals surface area (Å²) in [6.45, 7) is 3.94. The van der Waals surface area contributed by atoms with Gasteiger partial charge in [0, 0.05) is 49.1 Å². The highest BCUT2D eigenvalue weighted by Crippen LogP contribution is 2.24. The molecule has 8 heteroatoms. The van der Waals surface area contributed by atoms with Crippen LogP contribution in [-0.4, -0.2) is 40.0 Å². The molecule has 172 valence electrons. The van der Waals surface area contributed by atoms with Gasteiger partial charge in [-0.05, 0) is 68.0 Å². The fraction of sp³-hybridized carbons (Fsp3) is 0.360. The molecule has 1 saturated heterocycles. The van der Waals surface area contributed by atoms with Gasteiger partial charge in [0.05, 0.1) is 12.6 Å². The molecule has 33 heavy (non-hydrogen) atoms. The van der Waals surface area contributed by atoms with Crippen molar-refractivity contribution < 1.29 is 9.18 Å². The standard InChI is InChI=1S/C25H29FN6O/c1-18-12-21(26)7-8-23(18)32(24(33)22(27)13-19-6-5-9-28-14-19)17-20-15-29-25(30-16-20)31-10-3-2-4-11-31/h5-9,12,14-16,22H,2-4,10-11,13,17,27H2,1H3/t22-/m0/s1. The molecule has 3 aromatic rings. The molecule has 2 aromatic heterocycles. The first-order valence-corrected chi connectivity index (χ1v) is 11.3. The molecule has 1 aromatic carbocycles. The number of amides is 1. The summed E-state index contributed by atoms with van der Waals surface area (Å²) in [4.78, 5) is 30.4. The highest BCUT2D eigenvalue weighted by atomic mass is 19.1. The summed E-state index contributed by atoms with van der Waals surface area (Å²) in [7, 11) is 0. The van der Waals surface area contributed by atoms with Crippen molar-refractivity contribution >= 4 is 17.5 Å². The van der Waals surface area contributed by atoms with E-state index >= 15 is 0 Å². The summed E-state index contributed by atoms with van der Waals surface area (Å²) in [5.74, 6) is 0.105. The van der Waals surface area contributed by atoms with E-state index in [-0.39, 0.29) is 18.3 Å². The quantitative estimate of drug-likeness (QED) is 0.596. The minimum atomic E-state index is -0.771. The number of carbonyl (C=O) groups is 1. The van der Waals surface area contributed by atoms with E-state index in [1.54, 1.807) is 42.7 Å². The van der Waals surface area contributed by atoms with Gasteiger partial charge < -0.3 is 15.5 Å². The van der Waals surface area contributed by atoms with Crippen LogP contribution in [0.15, 0.2) is 55.1 Å². The molecule has 1 fully saturated rings. The third kappa shape index (κ3) is 5.70. The van der Waals surface area contributed by atoms with Gasteiger partial charge >= 0.3 is 0 Å². The Morgan fingerprint density at radius 2 is 1.88 bits per heavy atom. The zero-order valence-corrected chi connectivity index (χ0v) is 18.8. The Balaban J connectivity index is 1.56. The summed E-state index contributed by atoms with van der Waals surface area (Å²) < 4.78 is 13.7. The molecule has 0 bridgehead atoms. The van der Waals surface area contributed by atoms with E-state index in [2.05, 4.69) is 19.9 Å². The second-order valence-electron chi connectivity index (χ2n) is 8.47. The molecule has 0 radical (unpaired) electrons. The topological polar surface area (TPSA) is 88.2 Å². The van der Waals surface area contributed by atoms with Crippen LogP contribution in [0.3, 0.4) is 0 Å². The average Bonchev–Trinajstić information content (AvgIpc) is 2.84. The second-order valence-corrected chi connectivity index (χ2v) is 8.47. The van der Waals surface area contributed by atoms with E-state index in [1.165, 1.54) is 18.6 Å². The van der Waals surface area contributed by atoms with Gasteiger partial charge in [0.15, 0.2) is 0 Å². The van der Waals surface area contributed by atoms with Crippen molar-refractivity contribution in [2.45, 2.75) is 45.2 Å². The van der Waals surface area contributed by atoms with Gasteiger partial charge in [0.25, 0.3) is 0 Å². The van der Waals surface area contributed by atoms with Crippen LogP contribution in [0.1, 0.15) is 36.0 Å². The van der Waals surface area contributed by atoms with E-state index < -0.39 is 6.04 Å². The first kappa shape index (κ1) is 22.8. The van der Waals surface area contributed by atoms with Gasteiger partial charge in [0.1, 0.15) is 5.82 Å². The maximum atomic E-state index is 13.7. The Hall–Kier alpha value is -3.39.